The maximum atomic E-state index is 14.0. The van der Waals surface area contributed by atoms with Gasteiger partial charge < -0.3 is 10.5 Å². The molecule has 0 aliphatic carbocycles. The van der Waals surface area contributed by atoms with Crippen LogP contribution in [0.25, 0.3) is 11.1 Å². The van der Waals surface area contributed by atoms with Gasteiger partial charge in [-0.05, 0) is 49.2 Å². The Hall–Kier alpha value is -1.91. The van der Waals surface area contributed by atoms with Gasteiger partial charge in [0.25, 0.3) is 0 Å². The lowest BCUT2D eigenvalue weighted by molar-refractivity contribution is 0.242. The number of nitrogens with zero attached hydrogens (tertiary/aromatic N) is 1. The molecular formula is C20H23FN2O. The first-order valence-electron chi connectivity index (χ1n) is 8.74. The van der Waals surface area contributed by atoms with Gasteiger partial charge in [0.05, 0.1) is 0 Å². The Kier molecular flexibility index (Phi) is 4.25. The van der Waals surface area contributed by atoms with Crippen LogP contribution in [0.1, 0.15) is 24.0 Å². The summed E-state index contributed by atoms with van der Waals surface area (Å²) >= 11 is 0. The predicted molar refractivity (Wildman–Crippen MR) is 93.5 cm³/mol. The molecule has 0 bridgehead atoms. The van der Waals surface area contributed by atoms with Crippen LogP contribution in [-0.4, -0.2) is 30.6 Å². The van der Waals surface area contributed by atoms with Crippen molar-refractivity contribution in [3.63, 3.8) is 0 Å². The Balaban J connectivity index is 1.60. The van der Waals surface area contributed by atoms with Gasteiger partial charge in [-0.15, -0.1) is 0 Å². The molecule has 4 heteroatoms. The molecule has 126 valence electrons. The van der Waals surface area contributed by atoms with Crippen LogP contribution in [0.4, 0.5) is 4.39 Å². The number of rotatable bonds is 4. The SMILES string of the molecule is NC[C@H]1Cc2cc(F)cc(-c3ccc(CN4CCCC4)cc3)c2O1. The standard InChI is InChI=1S/C20H23FN2O/c21-17-9-16-10-18(12-22)24-20(16)19(11-17)15-5-3-14(4-6-15)13-23-7-1-2-8-23/h3-6,9,11,18H,1-2,7-8,10,12-13,22H2/t18-/m1/s1. The van der Waals surface area contributed by atoms with Gasteiger partial charge in [0.1, 0.15) is 17.7 Å². The number of hydrogen-bond acceptors (Lipinski definition) is 3. The molecule has 2 aliphatic rings. The van der Waals surface area contributed by atoms with Gasteiger partial charge >= 0.3 is 0 Å². The summed E-state index contributed by atoms with van der Waals surface area (Å²) < 4.78 is 19.9. The Labute approximate surface area is 142 Å². The highest BCUT2D eigenvalue weighted by molar-refractivity contribution is 5.73. The van der Waals surface area contributed by atoms with Gasteiger partial charge in [-0.3, -0.25) is 4.90 Å². The molecule has 4 rings (SSSR count). The normalized spacial score (nSPS) is 20.2. The molecule has 2 aromatic rings. The summed E-state index contributed by atoms with van der Waals surface area (Å²) in [6, 6.07) is 11.5. The molecule has 1 fully saturated rings. The van der Waals surface area contributed by atoms with Crippen LogP contribution in [-0.2, 0) is 13.0 Å². The van der Waals surface area contributed by atoms with Crippen molar-refractivity contribution in [1.82, 2.24) is 4.90 Å². The van der Waals surface area contributed by atoms with Gasteiger partial charge in [-0.25, -0.2) is 4.39 Å². The molecule has 1 saturated heterocycles. The van der Waals surface area contributed by atoms with Crippen LogP contribution in [0.2, 0.25) is 0 Å². The average molecular weight is 326 g/mol. The summed E-state index contributed by atoms with van der Waals surface area (Å²) in [5.74, 6) is 0.574. The fourth-order valence-electron chi connectivity index (χ4n) is 3.73. The summed E-state index contributed by atoms with van der Waals surface area (Å²) in [5.41, 5.74) is 9.75. The molecule has 0 unspecified atom stereocenters. The molecule has 0 spiro atoms. The smallest absolute Gasteiger partial charge is 0.131 e. The Morgan fingerprint density at radius 3 is 2.58 bits per heavy atom. The highest BCUT2D eigenvalue weighted by Crippen LogP contribution is 2.39. The van der Waals surface area contributed by atoms with E-state index < -0.39 is 0 Å². The lowest BCUT2D eigenvalue weighted by Crippen LogP contribution is -2.24. The molecule has 2 aliphatic heterocycles. The third kappa shape index (κ3) is 3.04. The lowest BCUT2D eigenvalue weighted by Gasteiger charge is -2.15. The second-order valence-corrected chi connectivity index (χ2v) is 6.80. The van der Waals surface area contributed by atoms with Gasteiger partial charge in [0, 0.05) is 30.6 Å². The molecular weight excluding hydrogens is 303 g/mol. The molecule has 0 amide bonds. The summed E-state index contributed by atoms with van der Waals surface area (Å²) in [4.78, 5) is 2.48. The fourth-order valence-corrected chi connectivity index (χ4v) is 3.73. The number of fused-ring (bicyclic) bond motifs is 1. The molecule has 0 aromatic heterocycles. The first-order valence-corrected chi connectivity index (χ1v) is 8.74. The Morgan fingerprint density at radius 1 is 1.12 bits per heavy atom. The van der Waals surface area contributed by atoms with Crippen LogP contribution in [0, 0.1) is 5.82 Å². The van der Waals surface area contributed by atoms with Crippen molar-refractivity contribution in [3.05, 3.63) is 53.3 Å². The quantitative estimate of drug-likeness (QED) is 0.936. The maximum Gasteiger partial charge on any atom is 0.131 e. The summed E-state index contributed by atoms with van der Waals surface area (Å²) in [6.45, 7) is 3.82. The molecule has 1 atom stereocenters. The Morgan fingerprint density at radius 2 is 1.88 bits per heavy atom. The number of hydrogen-bond donors (Lipinski definition) is 1. The second-order valence-electron chi connectivity index (χ2n) is 6.80. The van der Waals surface area contributed by atoms with Crippen molar-refractivity contribution in [2.45, 2.75) is 31.9 Å². The van der Waals surface area contributed by atoms with Crippen LogP contribution < -0.4 is 10.5 Å². The van der Waals surface area contributed by atoms with E-state index in [1.807, 2.05) is 0 Å². The second kappa shape index (κ2) is 6.54. The van der Waals surface area contributed by atoms with Crippen molar-refractivity contribution >= 4 is 0 Å². The zero-order chi connectivity index (χ0) is 16.5. The molecule has 3 nitrogen and oxygen atoms in total. The topological polar surface area (TPSA) is 38.5 Å². The predicted octanol–water partition coefficient (Wildman–Crippen LogP) is 3.35. The van der Waals surface area contributed by atoms with Crippen molar-refractivity contribution in [3.8, 4) is 16.9 Å². The van der Waals surface area contributed by atoms with E-state index in [2.05, 4.69) is 29.2 Å². The molecule has 2 heterocycles. The van der Waals surface area contributed by atoms with Gasteiger partial charge in [0.15, 0.2) is 0 Å². The van der Waals surface area contributed by atoms with E-state index in [4.69, 9.17) is 10.5 Å². The van der Waals surface area contributed by atoms with Crippen LogP contribution in [0.5, 0.6) is 5.75 Å². The highest BCUT2D eigenvalue weighted by atomic mass is 19.1. The first kappa shape index (κ1) is 15.6. The maximum absolute atomic E-state index is 14.0. The van der Waals surface area contributed by atoms with Gasteiger partial charge in [-0.1, -0.05) is 24.3 Å². The molecule has 2 aromatic carbocycles. The number of benzene rings is 2. The largest absolute Gasteiger partial charge is 0.488 e. The zero-order valence-corrected chi connectivity index (χ0v) is 13.8. The average Bonchev–Trinajstić information content (AvgIpc) is 3.24. The number of likely N-dealkylation sites (tertiary alicyclic amines) is 1. The summed E-state index contributed by atoms with van der Waals surface area (Å²) in [5, 5.41) is 0. The minimum Gasteiger partial charge on any atom is -0.488 e. The highest BCUT2D eigenvalue weighted by Gasteiger charge is 2.26. The minimum atomic E-state index is -0.217. The minimum absolute atomic E-state index is 0.0463. The molecule has 24 heavy (non-hydrogen) atoms. The zero-order valence-electron chi connectivity index (χ0n) is 13.8. The number of ether oxygens (including phenoxy) is 1. The van der Waals surface area contributed by atoms with E-state index in [0.29, 0.717) is 13.0 Å². The van der Waals surface area contributed by atoms with E-state index in [-0.39, 0.29) is 11.9 Å². The van der Waals surface area contributed by atoms with Gasteiger partial charge in [-0.2, -0.15) is 0 Å². The van der Waals surface area contributed by atoms with E-state index in [1.165, 1.54) is 31.5 Å². The number of nitrogens with two attached hydrogens (primary N) is 1. The van der Waals surface area contributed by atoms with Crippen molar-refractivity contribution < 1.29 is 9.13 Å². The molecule has 0 radical (unpaired) electrons. The van der Waals surface area contributed by atoms with E-state index in [0.717, 1.165) is 29.0 Å². The number of halogens is 1. The van der Waals surface area contributed by atoms with Gasteiger partial charge in [0.2, 0.25) is 0 Å². The monoisotopic (exact) mass is 326 g/mol. The van der Waals surface area contributed by atoms with Crippen molar-refractivity contribution in [2.24, 2.45) is 5.73 Å². The van der Waals surface area contributed by atoms with E-state index in [1.54, 1.807) is 12.1 Å². The third-order valence-corrected chi connectivity index (χ3v) is 5.00. The van der Waals surface area contributed by atoms with Crippen LogP contribution in [0.3, 0.4) is 0 Å². The van der Waals surface area contributed by atoms with E-state index in [9.17, 15) is 4.39 Å². The van der Waals surface area contributed by atoms with Crippen LogP contribution in [0.15, 0.2) is 36.4 Å². The van der Waals surface area contributed by atoms with Crippen LogP contribution >= 0.6 is 0 Å². The van der Waals surface area contributed by atoms with Crippen molar-refractivity contribution in [1.29, 1.82) is 0 Å². The fraction of sp³-hybridized carbons (Fsp3) is 0.400. The summed E-state index contributed by atoms with van der Waals surface area (Å²) in [7, 11) is 0. The van der Waals surface area contributed by atoms with Crippen molar-refractivity contribution in [2.75, 3.05) is 19.6 Å². The Bertz CT molecular complexity index is 723. The third-order valence-electron chi connectivity index (χ3n) is 5.00. The molecule has 2 N–H and O–H groups in total. The summed E-state index contributed by atoms with van der Waals surface area (Å²) in [6.07, 6.45) is 3.24. The first-order chi connectivity index (χ1) is 11.7. The molecule has 0 saturated carbocycles. The lowest BCUT2D eigenvalue weighted by atomic mass is 9.99. The van der Waals surface area contributed by atoms with E-state index >= 15 is 0 Å².